The van der Waals surface area contributed by atoms with Crippen LogP contribution in [-0.4, -0.2) is 27.3 Å². The summed E-state index contributed by atoms with van der Waals surface area (Å²) in [6.07, 6.45) is 0.843. The fourth-order valence-corrected chi connectivity index (χ4v) is 2.32. The maximum Gasteiger partial charge on any atom is 0.376 e. The van der Waals surface area contributed by atoms with Gasteiger partial charge in [0.1, 0.15) is 5.82 Å². The Hall–Kier alpha value is -2.17. The van der Waals surface area contributed by atoms with Crippen molar-refractivity contribution in [3.63, 3.8) is 0 Å². The van der Waals surface area contributed by atoms with E-state index in [-0.39, 0.29) is 11.9 Å². The van der Waals surface area contributed by atoms with Crippen molar-refractivity contribution in [2.24, 2.45) is 0 Å². The van der Waals surface area contributed by atoms with Gasteiger partial charge in [-0.2, -0.15) is 0 Å². The molecule has 0 amide bonds. The molecule has 5 heteroatoms. The SMILES string of the molecule is CCOC(=O)c1nnc(C)n1C(CC)c1ccccc1. The van der Waals surface area contributed by atoms with Gasteiger partial charge in [-0.1, -0.05) is 37.3 Å². The summed E-state index contributed by atoms with van der Waals surface area (Å²) in [6, 6.07) is 10.1. The minimum atomic E-state index is -0.428. The van der Waals surface area contributed by atoms with Crippen molar-refractivity contribution in [3.05, 3.63) is 47.5 Å². The van der Waals surface area contributed by atoms with Crippen LogP contribution in [0.5, 0.6) is 0 Å². The van der Waals surface area contributed by atoms with E-state index in [4.69, 9.17) is 4.74 Å². The second kappa shape index (κ2) is 6.32. The fourth-order valence-electron chi connectivity index (χ4n) is 2.32. The van der Waals surface area contributed by atoms with Crippen molar-refractivity contribution < 1.29 is 9.53 Å². The van der Waals surface area contributed by atoms with Crippen LogP contribution < -0.4 is 0 Å². The lowest BCUT2D eigenvalue weighted by Crippen LogP contribution is -2.19. The van der Waals surface area contributed by atoms with Crippen LogP contribution >= 0.6 is 0 Å². The molecule has 0 fully saturated rings. The Morgan fingerprint density at radius 3 is 2.55 bits per heavy atom. The van der Waals surface area contributed by atoms with Gasteiger partial charge in [0, 0.05) is 0 Å². The average Bonchev–Trinajstić information content (AvgIpc) is 2.84. The van der Waals surface area contributed by atoms with Crippen molar-refractivity contribution in [1.82, 2.24) is 14.8 Å². The Balaban J connectivity index is 2.45. The molecule has 106 valence electrons. The largest absolute Gasteiger partial charge is 0.460 e. The number of esters is 1. The second-order valence-electron chi connectivity index (χ2n) is 4.50. The van der Waals surface area contributed by atoms with Crippen molar-refractivity contribution >= 4 is 5.97 Å². The summed E-state index contributed by atoms with van der Waals surface area (Å²) in [4.78, 5) is 12.0. The molecule has 20 heavy (non-hydrogen) atoms. The molecule has 1 aromatic carbocycles. The summed E-state index contributed by atoms with van der Waals surface area (Å²) in [6.45, 7) is 6.03. The van der Waals surface area contributed by atoms with E-state index in [1.54, 1.807) is 6.92 Å². The predicted octanol–water partition coefficient (Wildman–Crippen LogP) is 2.76. The lowest BCUT2D eigenvalue weighted by atomic mass is 10.0. The van der Waals surface area contributed by atoms with Crippen molar-refractivity contribution in [1.29, 1.82) is 0 Å². The van der Waals surface area contributed by atoms with Gasteiger partial charge < -0.3 is 4.74 Å². The highest BCUT2D eigenvalue weighted by atomic mass is 16.5. The number of nitrogens with zero attached hydrogens (tertiary/aromatic N) is 3. The van der Waals surface area contributed by atoms with Crippen LogP contribution in [0.1, 0.15) is 48.3 Å². The molecule has 1 aromatic heterocycles. The first-order valence-electron chi connectivity index (χ1n) is 6.82. The van der Waals surface area contributed by atoms with Gasteiger partial charge in [-0.05, 0) is 25.8 Å². The average molecular weight is 273 g/mol. The zero-order chi connectivity index (χ0) is 14.5. The zero-order valence-corrected chi connectivity index (χ0v) is 12.0. The first kappa shape index (κ1) is 14.2. The Kier molecular flexibility index (Phi) is 4.50. The fraction of sp³-hybridized carbons (Fsp3) is 0.400. The summed E-state index contributed by atoms with van der Waals surface area (Å²) in [5.41, 5.74) is 1.13. The van der Waals surface area contributed by atoms with E-state index >= 15 is 0 Å². The molecule has 0 N–H and O–H groups in total. The van der Waals surface area contributed by atoms with E-state index in [1.807, 2.05) is 41.8 Å². The number of ether oxygens (including phenoxy) is 1. The van der Waals surface area contributed by atoms with Crippen LogP contribution in [0, 0.1) is 6.92 Å². The highest BCUT2D eigenvalue weighted by Crippen LogP contribution is 2.24. The number of aryl methyl sites for hydroxylation is 1. The number of hydrogen-bond acceptors (Lipinski definition) is 4. The number of rotatable bonds is 5. The Morgan fingerprint density at radius 2 is 1.95 bits per heavy atom. The van der Waals surface area contributed by atoms with E-state index in [0.717, 1.165) is 12.0 Å². The van der Waals surface area contributed by atoms with Crippen LogP contribution in [0.4, 0.5) is 0 Å². The third kappa shape index (κ3) is 2.71. The van der Waals surface area contributed by atoms with Gasteiger partial charge in [0.2, 0.25) is 5.82 Å². The maximum absolute atomic E-state index is 12.0. The van der Waals surface area contributed by atoms with Crippen LogP contribution in [0.15, 0.2) is 30.3 Å². The van der Waals surface area contributed by atoms with Gasteiger partial charge in [0.25, 0.3) is 0 Å². The highest BCUT2D eigenvalue weighted by Gasteiger charge is 2.24. The molecule has 0 saturated heterocycles. The van der Waals surface area contributed by atoms with Crippen molar-refractivity contribution in [2.75, 3.05) is 6.61 Å². The van der Waals surface area contributed by atoms with Crippen molar-refractivity contribution in [2.45, 2.75) is 33.2 Å². The molecule has 1 atom stereocenters. The van der Waals surface area contributed by atoms with Gasteiger partial charge >= 0.3 is 5.97 Å². The standard InChI is InChI=1S/C15H19N3O2/c1-4-13(12-9-7-6-8-10-12)18-11(3)16-17-14(18)15(19)20-5-2/h6-10,13H,4-5H2,1-3H3. The lowest BCUT2D eigenvalue weighted by molar-refractivity contribution is 0.0504. The first-order chi connectivity index (χ1) is 9.69. The number of carbonyl (C=O) groups excluding carboxylic acids is 1. The topological polar surface area (TPSA) is 57.0 Å². The molecule has 0 spiro atoms. The van der Waals surface area contributed by atoms with Crippen LogP contribution in [0.3, 0.4) is 0 Å². The summed E-state index contributed by atoms with van der Waals surface area (Å²) in [7, 11) is 0. The summed E-state index contributed by atoms with van der Waals surface area (Å²) in [5, 5.41) is 7.99. The molecule has 0 saturated carbocycles. The predicted molar refractivity (Wildman–Crippen MR) is 75.6 cm³/mol. The summed E-state index contributed by atoms with van der Waals surface area (Å²) in [5.74, 6) is 0.547. The minimum Gasteiger partial charge on any atom is -0.460 e. The monoisotopic (exact) mass is 273 g/mol. The summed E-state index contributed by atoms with van der Waals surface area (Å²) < 4.78 is 6.90. The van der Waals surface area contributed by atoms with Gasteiger partial charge in [-0.3, -0.25) is 4.57 Å². The smallest absolute Gasteiger partial charge is 0.376 e. The molecule has 0 aliphatic carbocycles. The number of benzene rings is 1. The molecule has 0 aliphatic heterocycles. The third-order valence-corrected chi connectivity index (χ3v) is 3.21. The quantitative estimate of drug-likeness (QED) is 0.786. The molecule has 1 heterocycles. The number of aromatic nitrogens is 3. The lowest BCUT2D eigenvalue weighted by Gasteiger charge is -2.20. The maximum atomic E-state index is 12.0. The van der Waals surface area contributed by atoms with Gasteiger partial charge in [-0.15, -0.1) is 10.2 Å². The number of carbonyl (C=O) groups is 1. The molecule has 1 unspecified atom stereocenters. The van der Waals surface area contributed by atoms with E-state index in [1.165, 1.54) is 0 Å². The van der Waals surface area contributed by atoms with Crippen molar-refractivity contribution in [3.8, 4) is 0 Å². The number of hydrogen-bond donors (Lipinski definition) is 0. The zero-order valence-electron chi connectivity index (χ0n) is 12.0. The molecule has 0 bridgehead atoms. The molecule has 2 rings (SSSR count). The molecular weight excluding hydrogens is 254 g/mol. The molecular formula is C15H19N3O2. The highest BCUT2D eigenvalue weighted by molar-refractivity contribution is 5.85. The Bertz CT molecular complexity index is 578. The van der Waals surface area contributed by atoms with Gasteiger partial charge in [-0.25, -0.2) is 4.79 Å². The third-order valence-electron chi connectivity index (χ3n) is 3.21. The minimum absolute atomic E-state index is 0.0330. The van der Waals surface area contributed by atoms with Crippen LogP contribution in [0.25, 0.3) is 0 Å². The molecule has 0 aliphatic rings. The van der Waals surface area contributed by atoms with Gasteiger partial charge in [0.15, 0.2) is 0 Å². The Morgan fingerprint density at radius 1 is 1.25 bits per heavy atom. The van der Waals surface area contributed by atoms with Crippen LogP contribution in [-0.2, 0) is 4.74 Å². The molecule has 2 aromatic rings. The van der Waals surface area contributed by atoms with E-state index in [9.17, 15) is 4.79 Å². The van der Waals surface area contributed by atoms with E-state index in [0.29, 0.717) is 12.4 Å². The first-order valence-corrected chi connectivity index (χ1v) is 6.82. The van der Waals surface area contributed by atoms with Gasteiger partial charge in [0.05, 0.1) is 12.6 Å². The second-order valence-corrected chi connectivity index (χ2v) is 4.50. The Labute approximate surface area is 118 Å². The normalized spacial score (nSPS) is 12.2. The summed E-state index contributed by atoms with van der Waals surface area (Å²) >= 11 is 0. The molecule has 5 nitrogen and oxygen atoms in total. The van der Waals surface area contributed by atoms with E-state index < -0.39 is 5.97 Å². The van der Waals surface area contributed by atoms with E-state index in [2.05, 4.69) is 17.1 Å². The molecule has 0 radical (unpaired) electrons. The van der Waals surface area contributed by atoms with Crippen LogP contribution in [0.2, 0.25) is 0 Å².